The van der Waals surface area contributed by atoms with Gasteiger partial charge in [0, 0.05) is 11.6 Å². The number of allylic oxidation sites excluding steroid dienone is 1. The largest absolute Gasteiger partial charge is 0.478 e. The molecule has 19 heavy (non-hydrogen) atoms. The van der Waals surface area contributed by atoms with Gasteiger partial charge in [-0.05, 0) is 31.6 Å². The number of nitrogens with zero attached hydrogens (tertiary/aromatic N) is 1. The first-order valence-electron chi connectivity index (χ1n) is 5.63. The minimum Gasteiger partial charge on any atom is -0.478 e. The Hall–Kier alpha value is -2.01. The number of benzene rings is 1. The number of carbonyl (C=O) groups is 1. The van der Waals surface area contributed by atoms with Crippen LogP contribution in [0, 0.1) is 12.7 Å². The Kier molecular flexibility index (Phi) is 3.76. The first kappa shape index (κ1) is 13.4. The van der Waals surface area contributed by atoms with Gasteiger partial charge >= 0.3 is 5.97 Å². The zero-order valence-corrected chi connectivity index (χ0v) is 11.3. The zero-order chi connectivity index (χ0) is 14.0. The molecule has 2 rings (SSSR count). The van der Waals surface area contributed by atoms with Gasteiger partial charge in [0.2, 0.25) is 0 Å². The average Bonchev–Trinajstić information content (AvgIpc) is 2.71. The molecule has 0 saturated carbocycles. The summed E-state index contributed by atoms with van der Waals surface area (Å²) in [5.74, 6) is -1.39. The lowest BCUT2D eigenvalue weighted by Crippen LogP contribution is -1.91. The van der Waals surface area contributed by atoms with Crippen LogP contribution in [0.25, 0.3) is 16.8 Å². The lowest BCUT2D eigenvalue weighted by Gasteiger charge is -2.03. The average molecular weight is 277 g/mol. The third kappa shape index (κ3) is 2.88. The lowest BCUT2D eigenvalue weighted by molar-refractivity contribution is -0.131. The number of aromatic nitrogens is 1. The van der Waals surface area contributed by atoms with Crippen molar-refractivity contribution >= 4 is 22.9 Å². The van der Waals surface area contributed by atoms with Crippen LogP contribution in [-0.4, -0.2) is 16.1 Å². The van der Waals surface area contributed by atoms with E-state index in [0.717, 1.165) is 11.1 Å². The summed E-state index contributed by atoms with van der Waals surface area (Å²) in [7, 11) is 0. The molecule has 1 N–H and O–H groups in total. The molecule has 0 aliphatic rings. The molecule has 0 radical (unpaired) electrons. The Morgan fingerprint density at radius 2 is 2.11 bits per heavy atom. The maximum absolute atomic E-state index is 13.8. The maximum Gasteiger partial charge on any atom is 0.328 e. The van der Waals surface area contributed by atoms with Crippen LogP contribution in [0.5, 0.6) is 0 Å². The Balaban J connectivity index is 2.60. The second kappa shape index (κ2) is 5.32. The van der Waals surface area contributed by atoms with Gasteiger partial charge in [-0.25, -0.2) is 14.2 Å². The number of hydrogen-bond acceptors (Lipinski definition) is 3. The van der Waals surface area contributed by atoms with Crippen molar-refractivity contribution < 1.29 is 14.3 Å². The molecule has 1 aromatic carbocycles. The van der Waals surface area contributed by atoms with Crippen molar-refractivity contribution in [1.29, 1.82) is 0 Å². The van der Waals surface area contributed by atoms with Gasteiger partial charge in [0.05, 0.1) is 15.6 Å². The van der Waals surface area contributed by atoms with E-state index < -0.39 is 5.97 Å². The summed E-state index contributed by atoms with van der Waals surface area (Å²) in [4.78, 5) is 15.7. The highest BCUT2D eigenvalue weighted by molar-refractivity contribution is 7.13. The SMILES string of the molecule is C/C(=C\C(=O)O)c1sc(C)nc1-c1ccccc1F. The number of carboxylic acids is 1. The number of halogens is 1. The highest BCUT2D eigenvalue weighted by Crippen LogP contribution is 2.34. The molecule has 0 spiro atoms. The van der Waals surface area contributed by atoms with Crippen molar-refractivity contribution in [3.8, 4) is 11.3 Å². The smallest absolute Gasteiger partial charge is 0.328 e. The summed E-state index contributed by atoms with van der Waals surface area (Å²) in [5.41, 5.74) is 1.45. The summed E-state index contributed by atoms with van der Waals surface area (Å²) < 4.78 is 13.8. The minimum absolute atomic E-state index is 0.364. The van der Waals surface area contributed by atoms with Crippen LogP contribution in [0.4, 0.5) is 4.39 Å². The van der Waals surface area contributed by atoms with Gasteiger partial charge in [-0.15, -0.1) is 11.3 Å². The predicted octanol–water partition coefficient (Wildman–Crippen LogP) is 3.75. The molecule has 5 heteroatoms. The number of aliphatic carboxylic acids is 1. The maximum atomic E-state index is 13.8. The van der Waals surface area contributed by atoms with Crippen molar-refractivity contribution in [2.45, 2.75) is 13.8 Å². The molecule has 1 heterocycles. The number of thiazole rings is 1. The van der Waals surface area contributed by atoms with E-state index in [1.807, 2.05) is 6.92 Å². The molecule has 0 fully saturated rings. The summed E-state index contributed by atoms with van der Waals surface area (Å²) in [6.45, 7) is 3.50. The van der Waals surface area contributed by atoms with Crippen LogP contribution in [0.15, 0.2) is 30.3 Å². The summed E-state index contributed by atoms with van der Waals surface area (Å²) in [6, 6.07) is 6.34. The standard InChI is InChI=1S/C14H12FNO2S/c1-8(7-12(17)18)14-13(16-9(2)19-14)10-5-3-4-6-11(10)15/h3-7H,1-2H3,(H,17,18)/b8-7+. The van der Waals surface area contributed by atoms with E-state index in [0.29, 0.717) is 21.7 Å². The third-order valence-electron chi connectivity index (χ3n) is 2.56. The van der Waals surface area contributed by atoms with Crippen LogP contribution in [-0.2, 0) is 4.79 Å². The summed E-state index contributed by atoms with van der Waals surface area (Å²) in [6.07, 6.45) is 1.11. The monoisotopic (exact) mass is 277 g/mol. The topological polar surface area (TPSA) is 50.2 Å². The van der Waals surface area contributed by atoms with E-state index in [9.17, 15) is 9.18 Å². The van der Waals surface area contributed by atoms with E-state index in [4.69, 9.17) is 5.11 Å². The fraction of sp³-hybridized carbons (Fsp3) is 0.143. The van der Waals surface area contributed by atoms with Crippen LogP contribution in [0.3, 0.4) is 0 Å². The van der Waals surface area contributed by atoms with Crippen molar-refractivity contribution in [3.63, 3.8) is 0 Å². The number of rotatable bonds is 3. The Morgan fingerprint density at radius 1 is 1.42 bits per heavy atom. The van der Waals surface area contributed by atoms with Gasteiger partial charge in [0.1, 0.15) is 5.82 Å². The van der Waals surface area contributed by atoms with Crippen molar-refractivity contribution in [2.24, 2.45) is 0 Å². The molecule has 1 aromatic heterocycles. The summed E-state index contributed by atoms with van der Waals surface area (Å²) >= 11 is 1.36. The molecule has 0 unspecified atom stereocenters. The lowest BCUT2D eigenvalue weighted by atomic mass is 10.1. The highest BCUT2D eigenvalue weighted by atomic mass is 32.1. The molecule has 98 valence electrons. The van der Waals surface area contributed by atoms with Crippen molar-refractivity contribution in [1.82, 2.24) is 4.98 Å². The fourth-order valence-corrected chi connectivity index (χ4v) is 2.69. The van der Waals surface area contributed by atoms with E-state index in [2.05, 4.69) is 4.98 Å². The van der Waals surface area contributed by atoms with Gasteiger partial charge in [0.15, 0.2) is 0 Å². The molecule has 0 amide bonds. The van der Waals surface area contributed by atoms with Gasteiger partial charge in [-0.1, -0.05) is 12.1 Å². The van der Waals surface area contributed by atoms with Crippen LogP contribution < -0.4 is 0 Å². The molecule has 0 bridgehead atoms. The highest BCUT2D eigenvalue weighted by Gasteiger charge is 2.16. The van der Waals surface area contributed by atoms with Crippen molar-refractivity contribution in [2.75, 3.05) is 0 Å². The molecule has 3 nitrogen and oxygen atoms in total. The Labute approximate surface area is 114 Å². The van der Waals surface area contributed by atoms with E-state index in [1.54, 1.807) is 25.1 Å². The molecule has 2 aromatic rings. The van der Waals surface area contributed by atoms with Gasteiger partial charge in [0.25, 0.3) is 0 Å². The molecule has 0 saturated heterocycles. The van der Waals surface area contributed by atoms with Crippen LogP contribution >= 0.6 is 11.3 Å². The Bertz CT molecular complexity index is 661. The zero-order valence-electron chi connectivity index (χ0n) is 10.5. The third-order valence-corrected chi connectivity index (χ3v) is 3.67. The van der Waals surface area contributed by atoms with E-state index in [1.165, 1.54) is 17.4 Å². The summed E-state index contributed by atoms with van der Waals surface area (Å²) in [5, 5.41) is 9.57. The second-order valence-electron chi connectivity index (χ2n) is 4.06. The quantitative estimate of drug-likeness (QED) is 0.869. The molecule has 0 atom stereocenters. The first-order chi connectivity index (χ1) is 8.99. The number of aryl methyl sites for hydroxylation is 1. The predicted molar refractivity (Wildman–Crippen MR) is 73.5 cm³/mol. The van der Waals surface area contributed by atoms with E-state index >= 15 is 0 Å². The fourth-order valence-electron chi connectivity index (χ4n) is 1.78. The van der Waals surface area contributed by atoms with Gasteiger partial charge in [-0.2, -0.15) is 0 Å². The molecular weight excluding hydrogens is 265 g/mol. The van der Waals surface area contributed by atoms with Gasteiger partial charge in [-0.3, -0.25) is 0 Å². The first-order valence-corrected chi connectivity index (χ1v) is 6.44. The van der Waals surface area contributed by atoms with Crippen LogP contribution in [0.1, 0.15) is 16.8 Å². The molecular formula is C14H12FNO2S. The normalized spacial score (nSPS) is 11.6. The second-order valence-corrected chi connectivity index (χ2v) is 5.26. The van der Waals surface area contributed by atoms with Crippen LogP contribution in [0.2, 0.25) is 0 Å². The van der Waals surface area contributed by atoms with E-state index in [-0.39, 0.29) is 5.82 Å². The Morgan fingerprint density at radius 3 is 2.74 bits per heavy atom. The molecule has 0 aliphatic carbocycles. The van der Waals surface area contributed by atoms with Gasteiger partial charge < -0.3 is 5.11 Å². The number of hydrogen-bond donors (Lipinski definition) is 1. The number of carboxylic acid groups (broad SMARTS) is 1. The van der Waals surface area contributed by atoms with Crippen molar-refractivity contribution in [3.05, 3.63) is 46.0 Å². The minimum atomic E-state index is -1.02. The molecule has 0 aliphatic heterocycles.